The van der Waals surface area contributed by atoms with E-state index in [0.29, 0.717) is 0 Å². The summed E-state index contributed by atoms with van der Waals surface area (Å²) in [7, 11) is 1.83. The van der Waals surface area contributed by atoms with E-state index >= 15 is 0 Å². The molecule has 0 spiro atoms. The van der Waals surface area contributed by atoms with Crippen molar-refractivity contribution in [2.45, 2.75) is 0 Å². The van der Waals surface area contributed by atoms with Gasteiger partial charge in [0.2, 0.25) is 0 Å². The molecule has 0 saturated heterocycles. The van der Waals surface area contributed by atoms with Crippen LogP contribution in [0.5, 0.6) is 0 Å². The van der Waals surface area contributed by atoms with Crippen LogP contribution in [-0.2, 0) is 0 Å². The quantitative estimate of drug-likeness (QED) is 0.626. The third-order valence-electron chi connectivity index (χ3n) is 1.72. The van der Waals surface area contributed by atoms with Crippen molar-refractivity contribution < 1.29 is 0 Å². The highest BCUT2D eigenvalue weighted by atomic mass is 15.1. The molecule has 3 N–H and O–H groups in total. The van der Waals surface area contributed by atoms with Crippen molar-refractivity contribution in [2.75, 3.05) is 12.4 Å². The minimum absolute atomic E-state index is 0.784. The Bertz CT molecular complexity index is 347. The first-order valence-corrected chi connectivity index (χ1v) is 3.76. The summed E-state index contributed by atoms with van der Waals surface area (Å²) in [6.07, 6.45) is 5.61. The normalized spacial score (nSPS) is 10.1. The first-order valence-electron chi connectivity index (χ1n) is 3.76. The molecule has 62 valence electrons. The van der Waals surface area contributed by atoms with E-state index in [2.05, 4.69) is 20.3 Å². The first-order chi connectivity index (χ1) is 5.90. The van der Waals surface area contributed by atoms with Crippen molar-refractivity contribution in [3.8, 4) is 11.3 Å². The van der Waals surface area contributed by atoms with Crippen molar-refractivity contribution in [3.05, 3.63) is 24.7 Å². The molecule has 0 aromatic carbocycles. The Kier molecular flexibility index (Phi) is 1.59. The van der Waals surface area contributed by atoms with E-state index in [4.69, 9.17) is 0 Å². The zero-order chi connectivity index (χ0) is 8.39. The Labute approximate surface area is 70.0 Å². The zero-order valence-electron chi connectivity index (χ0n) is 6.76. The van der Waals surface area contributed by atoms with Crippen LogP contribution < -0.4 is 5.32 Å². The summed E-state index contributed by atoms with van der Waals surface area (Å²) >= 11 is 0. The summed E-state index contributed by atoms with van der Waals surface area (Å²) in [5, 5.41) is 2.93. The lowest BCUT2D eigenvalue weighted by molar-refractivity contribution is 1.26. The van der Waals surface area contributed by atoms with Gasteiger partial charge in [-0.15, -0.1) is 0 Å². The first kappa shape index (κ1) is 6.97. The molecule has 2 rings (SSSR count). The average Bonchev–Trinajstić information content (AvgIpc) is 2.75. The summed E-state index contributed by atoms with van der Waals surface area (Å²) in [5.74, 6) is 0.784. The second-order valence-corrected chi connectivity index (χ2v) is 2.50. The van der Waals surface area contributed by atoms with Gasteiger partial charge >= 0.3 is 0 Å². The summed E-state index contributed by atoms with van der Waals surface area (Å²) in [6.45, 7) is 0. The highest BCUT2D eigenvalue weighted by Crippen LogP contribution is 2.16. The number of hydrogen-bond acceptors (Lipinski definition) is 2. The van der Waals surface area contributed by atoms with Crippen molar-refractivity contribution >= 4 is 5.95 Å². The third-order valence-corrected chi connectivity index (χ3v) is 1.72. The number of nitrogens with one attached hydrogen (secondary N) is 3. The molecule has 0 bridgehead atoms. The standard InChI is InChI=1S/C8H10N4/c1-9-8-11-5-7(12-8)6-2-3-10-4-6/h2-5,10H,1H3,(H2,9,11,12). The van der Waals surface area contributed by atoms with Crippen molar-refractivity contribution in [2.24, 2.45) is 0 Å². The van der Waals surface area contributed by atoms with Crippen molar-refractivity contribution in [3.63, 3.8) is 0 Å². The number of aromatic nitrogens is 3. The van der Waals surface area contributed by atoms with E-state index in [1.54, 1.807) is 6.20 Å². The van der Waals surface area contributed by atoms with E-state index < -0.39 is 0 Å². The van der Waals surface area contributed by atoms with E-state index in [1.165, 1.54) is 0 Å². The molecule has 2 heterocycles. The average molecular weight is 162 g/mol. The molecule has 0 saturated carbocycles. The summed E-state index contributed by atoms with van der Waals surface area (Å²) in [5.41, 5.74) is 2.13. The van der Waals surface area contributed by atoms with Gasteiger partial charge in [-0.2, -0.15) is 0 Å². The summed E-state index contributed by atoms with van der Waals surface area (Å²) < 4.78 is 0. The number of aromatic amines is 2. The fourth-order valence-corrected chi connectivity index (χ4v) is 1.09. The lowest BCUT2D eigenvalue weighted by Crippen LogP contribution is -1.88. The molecule has 0 radical (unpaired) electrons. The molecule has 0 aliphatic carbocycles. The van der Waals surface area contributed by atoms with E-state index in [9.17, 15) is 0 Å². The van der Waals surface area contributed by atoms with Crippen LogP contribution in [0.15, 0.2) is 24.7 Å². The van der Waals surface area contributed by atoms with E-state index in [1.807, 2.05) is 25.5 Å². The van der Waals surface area contributed by atoms with Gasteiger partial charge in [0.1, 0.15) is 0 Å². The maximum atomic E-state index is 4.11. The zero-order valence-corrected chi connectivity index (χ0v) is 6.76. The van der Waals surface area contributed by atoms with Crippen LogP contribution in [-0.4, -0.2) is 22.0 Å². The highest BCUT2D eigenvalue weighted by molar-refractivity contribution is 5.59. The Hall–Kier alpha value is -1.71. The van der Waals surface area contributed by atoms with Crippen LogP contribution in [0.2, 0.25) is 0 Å². The Balaban J connectivity index is 2.35. The molecule has 0 unspecified atom stereocenters. The lowest BCUT2D eigenvalue weighted by Gasteiger charge is -1.90. The lowest BCUT2D eigenvalue weighted by atomic mass is 10.3. The minimum Gasteiger partial charge on any atom is -0.367 e. The minimum atomic E-state index is 0.784. The maximum absolute atomic E-state index is 4.11. The number of anilines is 1. The number of imidazole rings is 1. The molecule has 0 aliphatic heterocycles. The van der Waals surface area contributed by atoms with Crippen LogP contribution in [0.25, 0.3) is 11.3 Å². The molecule has 0 atom stereocenters. The fraction of sp³-hybridized carbons (Fsp3) is 0.125. The van der Waals surface area contributed by atoms with Gasteiger partial charge in [-0.1, -0.05) is 0 Å². The second-order valence-electron chi connectivity index (χ2n) is 2.50. The van der Waals surface area contributed by atoms with Crippen molar-refractivity contribution in [1.82, 2.24) is 15.0 Å². The number of hydrogen-bond donors (Lipinski definition) is 3. The second kappa shape index (κ2) is 2.73. The van der Waals surface area contributed by atoms with Crippen LogP contribution >= 0.6 is 0 Å². The molecule has 12 heavy (non-hydrogen) atoms. The van der Waals surface area contributed by atoms with Gasteiger partial charge in [0.15, 0.2) is 5.95 Å². The smallest absolute Gasteiger partial charge is 0.200 e. The molecule has 4 nitrogen and oxygen atoms in total. The Morgan fingerprint density at radius 1 is 1.50 bits per heavy atom. The molecule has 4 heteroatoms. The molecule has 2 aromatic heterocycles. The monoisotopic (exact) mass is 162 g/mol. The van der Waals surface area contributed by atoms with Gasteiger partial charge in [0.05, 0.1) is 11.9 Å². The highest BCUT2D eigenvalue weighted by Gasteiger charge is 2.00. The number of nitrogens with zero attached hydrogens (tertiary/aromatic N) is 1. The van der Waals surface area contributed by atoms with Gasteiger partial charge in [-0.25, -0.2) is 4.98 Å². The molecular formula is C8H10N4. The SMILES string of the molecule is CNc1ncc(-c2cc[nH]c2)[nH]1. The Morgan fingerprint density at radius 2 is 2.42 bits per heavy atom. The molecule has 0 amide bonds. The number of rotatable bonds is 2. The topological polar surface area (TPSA) is 56.5 Å². The van der Waals surface area contributed by atoms with E-state index in [0.717, 1.165) is 17.2 Å². The molecule has 0 fully saturated rings. The van der Waals surface area contributed by atoms with Crippen LogP contribution in [0.4, 0.5) is 5.95 Å². The number of H-pyrrole nitrogens is 2. The summed E-state index contributed by atoms with van der Waals surface area (Å²) in [4.78, 5) is 10.2. The van der Waals surface area contributed by atoms with Gasteiger partial charge in [-0.3, -0.25) is 0 Å². The molecule has 2 aromatic rings. The van der Waals surface area contributed by atoms with E-state index in [-0.39, 0.29) is 0 Å². The fourth-order valence-electron chi connectivity index (χ4n) is 1.09. The predicted octanol–water partition coefficient (Wildman–Crippen LogP) is 1.45. The van der Waals surface area contributed by atoms with Crippen LogP contribution in [0.3, 0.4) is 0 Å². The largest absolute Gasteiger partial charge is 0.367 e. The molecular weight excluding hydrogens is 152 g/mol. The third kappa shape index (κ3) is 1.07. The van der Waals surface area contributed by atoms with Crippen LogP contribution in [0, 0.1) is 0 Å². The van der Waals surface area contributed by atoms with Gasteiger partial charge in [0, 0.05) is 25.0 Å². The van der Waals surface area contributed by atoms with Gasteiger partial charge in [-0.05, 0) is 6.07 Å². The predicted molar refractivity (Wildman–Crippen MR) is 47.9 cm³/mol. The van der Waals surface area contributed by atoms with Gasteiger partial charge in [0.25, 0.3) is 0 Å². The van der Waals surface area contributed by atoms with Crippen LogP contribution in [0.1, 0.15) is 0 Å². The molecule has 0 aliphatic rings. The van der Waals surface area contributed by atoms with Crippen molar-refractivity contribution in [1.29, 1.82) is 0 Å². The van der Waals surface area contributed by atoms with Gasteiger partial charge < -0.3 is 15.3 Å². The maximum Gasteiger partial charge on any atom is 0.200 e. The summed E-state index contributed by atoms with van der Waals surface area (Å²) in [6, 6.07) is 1.99. The Morgan fingerprint density at radius 3 is 3.00 bits per heavy atom.